The van der Waals surface area contributed by atoms with Crippen molar-refractivity contribution in [3.05, 3.63) is 295 Å². The number of unbranched alkanes of at least 4 members (excludes halogenated alkanes) is 1. The Hall–Kier alpha value is -12.4. The Morgan fingerprint density at radius 2 is 0.826 bits per heavy atom. The lowest BCUT2D eigenvalue weighted by Gasteiger charge is -2.44. The number of aryl methyl sites for hydroxylation is 1. The first-order valence-electron chi connectivity index (χ1n) is 31.1. The van der Waals surface area contributed by atoms with Gasteiger partial charge in [-0.15, -0.1) is 0 Å². The third-order valence-electron chi connectivity index (χ3n) is 18.1. The number of aromatic nitrogens is 4. The maximum Gasteiger partial charge on any atom is 0.252 e. The predicted octanol–water partition coefficient (Wildman–Crippen LogP) is 18.0. The van der Waals surface area contributed by atoms with E-state index < -0.39 is 0 Å². The zero-order valence-corrected chi connectivity index (χ0v) is 50.2. The molecule has 12 aromatic carbocycles. The van der Waals surface area contributed by atoms with Gasteiger partial charge in [0, 0.05) is 61.6 Å². The Balaban J connectivity index is 0.948. The summed E-state index contributed by atoms with van der Waals surface area (Å²) in [5.74, 6) is 1.51. The molecule has 0 spiro atoms. The summed E-state index contributed by atoms with van der Waals surface area (Å²) in [5.41, 5.74) is 23.3. The van der Waals surface area contributed by atoms with E-state index >= 15 is 0 Å². The first-order valence-corrected chi connectivity index (χ1v) is 31.1. The Kier molecular flexibility index (Phi) is 13.7. The fourth-order valence-corrected chi connectivity index (χ4v) is 13.7. The maximum absolute atomic E-state index is 10.7. The molecule has 0 radical (unpaired) electrons. The highest BCUT2D eigenvalue weighted by Gasteiger charge is 2.44. The van der Waals surface area contributed by atoms with Crippen LogP contribution in [0.25, 0.3) is 95.0 Å². The maximum atomic E-state index is 10.7. The molecule has 9 nitrogen and oxygen atoms in total. The van der Waals surface area contributed by atoms with Crippen LogP contribution >= 0.6 is 0 Å². The largest absolute Gasteiger partial charge is 0.311 e. The molecule has 0 fully saturated rings. The van der Waals surface area contributed by atoms with Gasteiger partial charge in [0.1, 0.15) is 0 Å². The van der Waals surface area contributed by atoms with Crippen molar-refractivity contribution in [3.63, 3.8) is 0 Å². The Morgan fingerprint density at radius 1 is 0.359 bits per heavy atom. The molecule has 4 heterocycles. The topological polar surface area (TPSA) is 121 Å². The van der Waals surface area contributed by atoms with Crippen LogP contribution in [-0.2, 0) is 6.42 Å². The predicted molar refractivity (Wildman–Crippen MR) is 374 cm³/mol. The highest BCUT2D eigenvalue weighted by atomic mass is 15.2. The summed E-state index contributed by atoms with van der Waals surface area (Å²) in [7, 11) is 0. The number of rotatable bonds is 12. The van der Waals surface area contributed by atoms with E-state index in [0.717, 1.165) is 142 Å². The fourth-order valence-electron chi connectivity index (χ4n) is 13.7. The van der Waals surface area contributed by atoms with Crippen molar-refractivity contribution >= 4 is 79.0 Å². The van der Waals surface area contributed by atoms with Gasteiger partial charge in [0.25, 0.3) is 6.71 Å². The van der Waals surface area contributed by atoms with Gasteiger partial charge >= 0.3 is 0 Å². The van der Waals surface area contributed by atoms with Crippen molar-refractivity contribution in [2.45, 2.75) is 26.2 Å². The second-order valence-corrected chi connectivity index (χ2v) is 23.5. The molecule has 92 heavy (non-hydrogen) atoms. The summed E-state index contributed by atoms with van der Waals surface area (Å²) in [6, 6.07) is 102. The van der Waals surface area contributed by atoms with E-state index in [1.807, 2.05) is 115 Å². The first-order chi connectivity index (χ1) is 45.4. The van der Waals surface area contributed by atoms with Crippen LogP contribution in [0.1, 0.15) is 42.0 Å². The van der Waals surface area contributed by atoms with Crippen molar-refractivity contribution in [1.29, 1.82) is 15.8 Å². The summed E-state index contributed by atoms with van der Waals surface area (Å²) < 4.78 is 2.32. The zero-order chi connectivity index (χ0) is 61.8. The summed E-state index contributed by atoms with van der Waals surface area (Å²) in [6.45, 7) is 1.96. The average molecular weight is 1180 g/mol. The molecule has 2 aliphatic heterocycles. The molecule has 2 aromatic heterocycles. The van der Waals surface area contributed by atoms with Gasteiger partial charge in [-0.3, -0.25) is 0 Å². The number of hydrogen-bond donors (Lipinski definition) is 0. The van der Waals surface area contributed by atoms with Gasteiger partial charge in [-0.1, -0.05) is 189 Å². The van der Waals surface area contributed by atoms with E-state index in [9.17, 15) is 15.8 Å². The summed E-state index contributed by atoms with van der Waals surface area (Å²) in [4.78, 5) is 20.2. The summed E-state index contributed by atoms with van der Waals surface area (Å²) >= 11 is 0. The van der Waals surface area contributed by atoms with Crippen LogP contribution in [0.2, 0.25) is 0 Å². The third-order valence-corrected chi connectivity index (χ3v) is 18.1. The quantitative estimate of drug-likeness (QED) is 0.111. The molecule has 10 heteroatoms. The molecule has 0 N–H and O–H groups in total. The SMILES string of the molecule is CCCCc1ccc2c3cc(-c4cc5c6c(c4)N(c4ccc(-c7ccccc7)cc4)c4cc(C#N)ccc4B6c4ccc(C#N)cc4N5c4ccc(-c5ccccc5)cc4)ccc3n(-c3ccc(C#N)cc3-c3nc(-c4ccccc4)nc(-c4ccccc4)n3)c2c1. The molecule has 14 aromatic rings. The lowest BCUT2D eigenvalue weighted by molar-refractivity contribution is 0.795. The van der Waals surface area contributed by atoms with E-state index in [1.54, 1.807) is 0 Å². The number of anilines is 6. The molecule has 16 rings (SSSR count). The highest BCUT2D eigenvalue weighted by molar-refractivity contribution is 7.00. The fraction of sp³-hybridized carbons (Fsp3) is 0.0488. The molecule has 0 saturated heterocycles. The Labute approximate surface area is 534 Å². The Bertz CT molecular complexity index is 5130. The lowest BCUT2D eigenvalue weighted by Crippen LogP contribution is -2.61. The average Bonchev–Trinajstić information content (AvgIpc) is 0.933. The molecular weight excluding hydrogens is 1120 g/mol. The van der Waals surface area contributed by atoms with Gasteiger partial charge in [0.15, 0.2) is 17.5 Å². The molecule has 0 unspecified atom stereocenters. The van der Waals surface area contributed by atoms with E-state index in [0.29, 0.717) is 39.7 Å². The van der Waals surface area contributed by atoms with Crippen LogP contribution in [0.5, 0.6) is 0 Å². The molecule has 430 valence electrons. The minimum Gasteiger partial charge on any atom is -0.311 e. The van der Waals surface area contributed by atoms with E-state index in [1.165, 1.54) is 5.56 Å². The van der Waals surface area contributed by atoms with Crippen LogP contribution in [0.4, 0.5) is 34.1 Å². The van der Waals surface area contributed by atoms with Crippen molar-refractivity contribution in [1.82, 2.24) is 19.5 Å². The van der Waals surface area contributed by atoms with E-state index in [4.69, 9.17) is 15.0 Å². The minimum atomic E-state index is -0.264. The molecule has 0 bridgehead atoms. The third kappa shape index (κ3) is 9.52. The normalized spacial score (nSPS) is 12.0. The van der Waals surface area contributed by atoms with Crippen LogP contribution in [0.15, 0.2) is 273 Å². The van der Waals surface area contributed by atoms with Crippen molar-refractivity contribution in [2.75, 3.05) is 9.80 Å². The van der Waals surface area contributed by atoms with Gasteiger partial charge in [0.2, 0.25) is 0 Å². The second-order valence-electron chi connectivity index (χ2n) is 23.5. The lowest BCUT2D eigenvalue weighted by atomic mass is 9.33. The molecule has 0 aliphatic carbocycles. The van der Waals surface area contributed by atoms with Crippen LogP contribution in [-0.4, -0.2) is 26.2 Å². The van der Waals surface area contributed by atoms with Gasteiger partial charge in [-0.05, 0) is 165 Å². The first kappa shape index (κ1) is 54.9. The second kappa shape index (κ2) is 22.9. The molecular formula is C82H54BN9. The van der Waals surface area contributed by atoms with Gasteiger partial charge in [-0.2, -0.15) is 15.8 Å². The standard InChI is InChI=1S/C82H54BN9/c1-2-3-16-53-25-38-67-68-47-63(33-42-72(68)92(74(67)44-53)73-41-28-54(50-84)43-69(73)82-88-80(61-21-12-6-13-22-61)87-81(89-82)62-23-14-7-15-24-62)64-48-77-79-78(49-64)91(66-36-31-60(32-37-66)58-19-10-5-11-20-58)76-46-56(52-86)27-40-71(76)83(79)70-39-26-55(51-85)45-75(70)90(77)65-34-29-59(30-35-65)57-17-8-4-9-18-57/h4-15,17-49H,2-3,16H2,1H3. The van der Waals surface area contributed by atoms with Crippen molar-refractivity contribution in [2.24, 2.45) is 0 Å². The van der Waals surface area contributed by atoms with Crippen molar-refractivity contribution in [3.8, 4) is 91.4 Å². The number of fused-ring (bicyclic) bond motifs is 7. The van der Waals surface area contributed by atoms with Crippen molar-refractivity contribution < 1.29 is 0 Å². The molecule has 0 atom stereocenters. The van der Waals surface area contributed by atoms with E-state index in [2.05, 4.69) is 197 Å². The van der Waals surface area contributed by atoms with Gasteiger partial charge < -0.3 is 14.4 Å². The molecule has 0 saturated carbocycles. The smallest absolute Gasteiger partial charge is 0.252 e. The number of benzene rings is 12. The van der Waals surface area contributed by atoms with E-state index in [-0.39, 0.29) is 6.71 Å². The number of hydrogen-bond acceptors (Lipinski definition) is 8. The molecule has 0 amide bonds. The van der Waals surface area contributed by atoms with Crippen LogP contribution in [0, 0.1) is 34.0 Å². The van der Waals surface area contributed by atoms with Gasteiger partial charge in [0.05, 0.1) is 51.6 Å². The van der Waals surface area contributed by atoms with Crippen LogP contribution < -0.4 is 26.2 Å². The number of nitrogens with zero attached hydrogens (tertiary/aromatic N) is 9. The minimum absolute atomic E-state index is 0.264. The van der Waals surface area contributed by atoms with Crippen LogP contribution in [0.3, 0.4) is 0 Å². The monoisotopic (exact) mass is 1180 g/mol. The summed E-state index contributed by atoms with van der Waals surface area (Å²) in [6.07, 6.45) is 3.02. The highest BCUT2D eigenvalue weighted by Crippen LogP contribution is 2.48. The molecule has 2 aliphatic rings. The summed E-state index contributed by atoms with van der Waals surface area (Å²) in [5, 5.41) is 34.0. The Morgan fingerprint density at radius 3 is 1.34 bits per heavy atom. The zero-order valence-electron chi connectivity index (χ0n) is 50.2. The van der Waals surface area contributed by atoms with Gasteiger partial charge in [-0.25, -0.2) is 15.0 Å². The number of nitriles is 3.